The number of pyridine rings is 1. The molecule has 0 spiro atoms. The molecule has 0 saturated heterocycles. The normalized spacial score (nSPS) is 10.8. The average Bonchev–Trinajstić information content (AvgIpc) is 2.83. The molecule has 90 valence electrons. The zero-order valence-corrected chi connectivity index (χ0v) is 10.3. The zero-order chi connectivity index (χ0) is 12.5. The Balaban J connectivity index is 2.41. The number of hydrogen-bond acceptors (Lipinski definition) is 3. The van der Waals surface area contributed by atoms with Crippen LogP contribution < -0.4 is 4.74 Å². The number of nitrogens with zero attached hydrogens (tertiary/aromatic N) is 2. The summed E-state index contributed by atoms with van der Waals surface area (Å²) < 4.78 is 5.46. The van der Waals surface area contributed by atoms with Crippen molar-refractivity contribution in [3.8, 4) is 16.9 Å². The fraction of sp³-hybridized carbons (Fsp3) is 0.143. The molecule has 2 heterocycles. The summed E-state index contributed by atoms with van der Waals surface area (Å²) in [6, 6.07) is 7.89. The standard InChI is InChI=1S/C14H13N3O/c1-9-11(8-16-17-9)14-10-4-3-7-15-12(10)5-6-13(14)18-2/h3-8H,1-2H3,(H,16,17). The lowest BCUT2D eigenvalue weighted by molar-refractivity contribution is 0.417. The number of aromatic amines is 1. The molecule has 0 atom stereocenters. The van der Waals surface area contributed by atoms with Crippen LogP contribution in [0.1, 0.15) is 5.69 Å². The van der Waals surface area contributed by atoms with Crippen molar-refractivity contribution >= 4 is 10.9 Å². The third-order valence-electron chi connectivity index (χ3n) is 3.07. The molecular weight excluding hydrogens is 226 g/mol. The van der Waals surface area contributed by atoms with Crippen LogP contribution in [0.5, 0.6) is 5.75 Å². The molecule has 4 heteroatoms. The first-order valence-electron chi connectivity index (χ1n) is 5.73. The van der Waals surface area contributed by atoms with Gasteiger partial charge in [0.25, 0.3) is 0 Å². The highest BCUT2D eigenvalue weighted by molar-refractivity contribution is 5.98. The van der Waals surface area contributed by atoms with Crippen molar-refractivity contribution in [2.45, 2.75) is 6.92 Å². The predicted octanol–water partition coefficient (Wildman–Crippen LogP) is 2.94. The van der Waals surface area contributed by atoms with Gasteiger partial charge in [-0.3, -0.25) is 10.1 Å². The van der Waals surface area contributed by atoms with Gasteiger partial charge in [0, 0.05) is 28.9 Å². The summed E-state index contributed by atoms with van der Waals surface area (Å²) >= 11 is 0. The van der Waals surface area contributed by atoms with E-state index in [1.807, 2.05) is 37.4 Å². The highest BCUT2D eigenvalue weighted by Crippen LogP contribution is 2.37. The molecule has 0 aliphatic heterocycles. The van der Waals surface area contributed by atoms with Gasteiger partial charge in [0.05, 0.1) is 18.3 Å². The van der Waals surface area contributed by atoms with E-state index in [9.17, 15) is 0 Å². The van der Waals surface area contributed by atoms with Gasteiger partial charge in [-0.15, -0.1) is 0 Å². The van der Waals surface area contributed by atoms with Crippen LogP contribution in [0, 0.1) is 6.92 Å². The molecule has 3 rings (SSSR count). The van der Waals surface area contributed by atoms with Crippen LogP contribution >= 0.6 is 0 Å². The third kappa shape index (κ3) is 1.54. The topological polar surface area (TPSA) is 50.8 Å². The number of fused-ring (bicyclic) bond motifs is 1. The molecule has 1 N–H and O–H groups in total. The van der Waals surface area contributed by atoms with Gasteiger partial charge in [-0.2, -0.15) is 5.10 Å². The molecule has 0 aliphatic carbocycles. The van der Waals surface area contributed by atoms with Gasteiger partial charge in [-0.1, -0.05) is 6.07 Å². The summed E-state index contributed by atoms with van der Waals surface area (Å²) in [5.41, 5.74) is 3.98. The van der Waals surface area contributed by atoms with Crippen molar-refractivity contribution in [2.24, 2.45) is 0 Å². The smallest absolute Gasteiger partial charge is 0.127 e. The second-order valence-corrected chi connectivity index (χ2v) is 4.10. The number of aryl methyl sites for hydroxylation is 1. The van der Waals surface area contributed by atoms with E-state index >= 15 is 0 Å². The van der Waals surface area contributed by atoms with Crippen molar-refractivity contribution in [3.05, 3.63) is 42.4 Å². The Bertz CT molecular complexity index is 703. The number of methoxy groups -OCH3 is 1. The van der Waals surface area contributed by atoms with E-state index in [-0.39, 0.29) is 0 Å². The Morgan fingerprint density at radius 1 is 1.22 bits per heavy atom. The molecule has 0 saturated carbocycles. The lowest BCUT2D eigenvalue weighted by Crippen LogP contribution is -1.91. The van der Waals surface area contributed by atoms with Crippen LogP contribution in [0.3, 0.4) is 0 Å². The minimum absolute atomic E-state index is 0.833. The molecule has 0 bridgehead atoms. The Hall–Kier alpha value is -2.36. The molecule has 0 radical (unpaired) electrons. The van der Waals surface area contributed by atoms with E-state index < -0.39 is 0 Å². The summed E-state index contributed by atoms with van der Waals surface area (Å²) in [7, 11) is 1.68. The van der Waals surface area contributed by atoms with Gasteiger partial charge in [0.2, 0.25) is 0 Å². The number of nitrogens with one attached hydrogen (secondary N) is 1. The molecular formula is C14H13N3O. The molecule has 18 heavy (non-hydrogen) atoms. The molecule has 0 fully saturated rings. The zero-order valence-electron chi connectivity index (χ0n) is 10.3. The van der Waals surface area contributed by atoms with Crippen LogP contribution in [0.25, 0.3) is 22.0 Å². The molecule has 4 nitrogen and oxygen atoms in total. The number of aromatic nitrogens is 3. The number of hydrogen-bond donors (Lipinski definition) is 1. The first-order chi connectivity index (χ1) is 8.81. The molecule has 2 aromatic heterocycles. The maximum Gasteiger partial charge on any atom is 0.127 e. The second-order valence-electron chi connectivity index (χ2n) is 4.10. The Labute approximate surface area is 105 Å². The lowest BCUT2D eigenvalue weighted by atomic mass is 10.0. The maximum atomic E-state index is 5.46. The van der Waals surface area contributed by atoms with E-state index in [0.29, 0.717) is 0 Å². The molecule has 0 unspecified atom stereocenters. The van der Waals surface area contributed by atoms with Gasteiger partial charge in [0.15, 0.2) is 0 Å². The molecule has 0 amide bonds. The summed E-state index contributed by atoms with van der Waals surface area (Å²) in [6.45, 7) is 1.97. The van der Waals surface area contributed by atoms with Crippen molar-refractivity contribution in [1.29, 1.82) is 0 Å². The van der Waals surface area contributed by atoms with Crippen molar-refractivity contribution in [1.82, 2.24) is 15.2 Å². The van der Waals surface area contributed by atoms with Crippen molar-refractivity contribution in [2.75, 3.05) is 7.11 Å². The highest BCUT2D eigenvalue weighted by atomic mass is 16.5. The van der Waals surface area contributed by atoms with Crippen LogP contribution in [0.4, 0.5) is 0 Å². The highest BCUT2D eigenvalue weighted by Gasteiger charge is 2.14. The van der Waals surface area contributed by atoms with Crippen LogP contribution in [0.15, 0.2) is 36.7 Å². The minimum atomic E-state index is 0.833. The van der Waals surface area contributed by atoms with Gasteiger partial charge in [0.1, 0.15) is 5.75 Å². The van der Waals surface area contributed by atoms with Crippen LogP contribution in [0.2, 0.25) is 0 Å². The van der Waals surface area contributed by atoms with Gasteiger partial charge in [-0.25, -0.2) is 0 Å². The van der Waals surface area contributed by atoms with E-state index in [4.69, 9.17) is 4.74 Å². The van der Waals surface area contributed by atoms with E-state index in [2.05, 4.69) is 15.2 Å². The number of ether oxygens (including phenoxy) is 1. The number of H-pyrrole nitrogens is 1. The van der Waals surface area contributed by atoms with E-state index in [1.54, 1.807) is 13.3 Å². The Morgan fingerprint density at radius 3 is 2.83 bits per heavy atom. The predicted molar refractivity (Wildman–Crippen MR) is 70.6 cm³/mol. The van der Waals surface area contributed by atoms with Crippen molar-refractivity contribution in [3.63, 3.8) is 0 Å². The molecule has 3 aromatic rings. The van der Waals surface area contributed by atoms with E-state index in [0.717, 1.165) is 33.5 Å². The summed E-state index contributed by atoms with van der Waals surface area (Å²) in [5, 5.41) is 8.13. The SMILES string of the molecule is COc1ccc2ncccc2c1-c1c[nH]nc1C. The number of benzene rings is 1. The fourth-order valence-corrected chi connectivity index (χ4v) is 2.19. The largest absolute Gasteiger partial charge is 0.496 e. The quantitative estimate of drug-likeness (QED) is 0.748. The first kappa shape index (κ1) is 10.8. The Kier molecular flexibility index (Phi) is 2.48. The monoisotopic (exact) mass is 239 g/mol. The Morgan fingerprint density at radius 2 is 2.11 bits per heavy atom. The van der Waals surface area contributed by atoms with Gasteiger partial charge < -0.3 is 4.74 Å². The summed E-state index contributed by atoms with van der Waals surface area (Å²) in [4.78, 5) is 4.37. The van der Waals surface area contributed by atoms with Crippen molar-refractivity contribution < 1.29 is 4.74 Å². The van der Waals surface area contributed by atoms with Gasteiger partial charge >= 0.3 is 0 Å². The summed E-state index contributed by atoms with van der Waals surface area (Å²) in [6.07, 6.45) is 3.68. The summed E-state index contributed by atoms with van der Waals surface area (Å²) in [5.74, 6) is 0.833. The fourth-order valence-electron chi connectivity index (χ4n) is 2.19. The van der Waals surface area contributed by atoms with Crippen LogP contribution in [-0.4, -0.2) is 22.3 Å². The second kappa shape index (κ2) is 4.14. The van der Waals surface area contributed by atoms with Gasteiger partial charge in [-0.05, 0) is 25.1 Å². The lowest BCUT2D eigenvalue weighted by Gasteiger charge is -2.10. The van der Waals surface area contributed by atoms with E-state index in [1.165, 1.54) is 0 Å². The molecule has 1 aromatic carbocycles. The first-order valence-corrected chi connectivity index (χ1v) is 5.73. The van der Waals surface area contributed by atoms with Crippen LogP contribution in [-0.2, 0) is 0 Å². The maximum absolute atomic E-state index is 5.46. The average molecular weight is 239 g/mol. The molecule has 0 aliphatic rings. The minimum Gasteiger partial charge on any atom is -0.496 e. The number of rotatable bonds is 2. The third-order valence-corrected chi connectivity index (χ3v) is 3.07.